The molecule has 5 heteroatoms. The molecule has 1 saturated heterocycles. The fourth-order valence-electron chi connectivity index (χ4n) is 1.22. The average molecular weight is 277 g/mol. The lowest BCUT2D eigenvalue weighted by Crippen LogP contribution is -2.21. The van der Waals surface area contributed by atoms with Gasteiger partial charge in [0.15, 0.2) is 0 Å². The van der Waals surface area contributed by atoms with Gasteiger partial charge in [-0.05, 0) is 32.0 Å². The molecule has 1 fully saturated rings. The van der Waals surface area contributed by atoms with Crippen molar-refractivity contribution in [3.8, 4) is 0 Å². The third-order valence-corrected chi connectivity index (χ3v) is 2.16. The Morgan fingerprint density at radius 3 is 1.89 bits per heavy atom. The van der Waals surface area contributed by atoms with Crippen molar-refractivity contribution in [3.05, 3.63) is 33.7 Å². The molecule has 1 aliphatic rings. The number of H-pyrrole nitrogens is 1. The molecule has 0 aliphatic carbocycles. The average Bonchev–Trinajstić information content (AvgIpc) is 2.45. The van der Waals surface area contributed by atoms with Gasteiger partial charge in [-0.3, -0.25) is 4.79 Å². The minimum Gasteiger partial charge on any atom is -0.400 e. The van der Waals surface area contributed by atoms with Crippen LogP contribution in [0, 0.1) is 0 Å². The Labute approximate surface area is 114 Å². The van der Waals surface area contributed by atoms with Gasteiger partial charge in [-0.25, -0.2) is 0 Å². The predicted molar refractivity (Wildman–Crippen MR) is 78.3 cm³/mol. The SMILES string of the molecule is C1CCNCC1.CC.CO.O=c1cccc(Cl)[nH]1. The number of piperidine rings is 1. The maximum Gasteiger partial charge on any atom is 0.249 e. The van der Waals surface area contributed by atoms with E-state index in [1.807, 2.05) is 13.8 Å². The highest BCUT2D eigenvalue weighted by molar-refractivity contribution is 6.29. The third kappa shape index (κ3) is 13.2. The molecular weight excluding hydrogens is 252 g/mol. The van der Waals surface area contributed by atoms with Crippen LogP contribution in [0.15, 0.2) is 23.0 Å². The molecule has 0 atom stereocenters. The summed E-state index contributed by atoms with van der Waals surface area (Å²) in [6, 6.07) is 4.62. The fourth-order valence-corrected chi connectivity index (χ4v) is 1.39. The van der Waals surface area contributed by atoms with Crippen LogP contribution in [-0.4, -0.2) is 30.3 Å². The van der Waals surface area contributed by atoms with Crippen molar-refractivity contribution in [1.82, 2.24) is 10.3 Å². The Balaban J connectivity index is 0. The zero-order chi connectivity index (χ0) is 14.2. The monoisotopic (exact) mass is 276 g/mol. The Bertz CT molecular complexity index is 300. The smallest absolute Gasteiger partial charge is 0.249 e. The number of pyridine rings is 1. The van der Waals surface area contributed by atoms with Gasteiger partial charge in [0, 0.05) is 13.2 Å². The second-order valence-corrected chi connectivity index (χ2v) is 3.58. The molecule has 1 aromatic heterocycles. The van der Waals surface area contributed by atoms with E-state index in [0.717, 1.165) is 7.11 Å². The number of hydrogen-bond donors (Lipinski definition) is 3. The maximum atomic E-state index is 10.4. The zero-order valence-corrected chi connectivity index (χ0v) is 12.3. The van der Waals surface area contributed by atoms with E-state index in [4.69, 9.17) is 16.7 Å². The van der Waals surface area contributed by atoms with Gasteiger partial charge < -0.3 is 15.4 Å². The first kappa shape index (κ1) is 19.5. The van der Waals surface area contributed by atoms with Crippen LogP contribution in [0.1, 0.15) is 33.1 Å². The normalized spacial score (nSPS) is 12.7. The number of aliphatic hydroxyl groups is 1. The van der Waals surface area contributed by atoms with Crippen LogP contribution < -0.4 is 10.9 Å². The lowest BCUT2D eigenvalue weighted by molar-refractivity contribution is 0.399. The Kier molecular flexibility index (Phi) is 17.5. The minimum atomic E-state index is -0.169. The summed E-state index contributed by atoms with van der Waals surface area (Å²) in [5.41, 5.74) is -0.169. The summed E-state index contributed by atoms with van der Waals surface area (Å²) in [4.78, 5) is 12.7. The van der Waals surface area contributed by atoms with Crippen molar-refractivity contribution in [2.75, 3.05) is 20.2 Å². The Morgan fingerprint density at radius 1 is 1.11 bits per heavy atom. The van der Waals surface area contributed by atoms with Crippen molar-refractivity contribution in [2.24, 2.45) is 0 Å². The second kappa shape index (κ2) is 16.2. The van der Waals surface area contributed by atoms with Gasteiger partial charge in [-0.15, -0.1) is 0 Å². The molecule has 18 heavy (non-hydrogen) atoms. The summed E-state index contributed by atoms with van der Waals surface area (Å²) < 4.78 is 0. The van der Waals surface area contributed by atoms with E-state index in [1.165, 1.54) is 38.4 Å². The molecule has 0 radical (unpaired) electrons. The zero-order valence-electron chi connectivity index (χ0n) is 11.5. The molecule has 0 bridgehead atoms. The van der Waals surface area contributed by atoms with Gasteiger partial charge in [0.1, 0.15) is 5.15 Å². The summed E-state index contributed by atoms with van der Waals surface area (Å²) in [7, 11) is 1.00. The van der Waals surface area contributed by atoms with E-state index in [1.54, 1.807) is 12.1 Å². The van der Waals surface area contributed by atoms with Gasteiger partial charge in [0.2, 0.25) is 5.56 Å². The second-order valence-electron chi connectivity index (χ2n) is 3.17. The van der Waals surface area contributed by atoms with Crippen LogP contribution in [0.25, 0.3) is 0 Å². The first-order valence-corrected chi connectivity index (χ1v) is 6.67. The quantitative estimate of drug-likeness (QED) is 0.638. The molecule has 2 heterocycles. The summed E-state index contributed by atoms with van der Waals surface area (Å²) in [6.07, 6.45) is 4.22. The van der Waals surface area contributed by atoms with Crippen LogP contribution in [0.5, 0.6) is 0 Å². The fraction of sp³-hybridized carbons (Fsp3) is 0.615. The third-order valence-electron chi connectivity index (χ3n) is 1.94. The molecule has 2 rings (SSSR count). The summed E-state index contributed by atoms with van der Waals surface area (Å²) in [5.74, 6) is 0. The van der Waals surface area contributed by atoms with Crippen LogP contribution in [-0.2, 0) is 0 Å². The van der Waals surface area contributed by atoms with Gasteiger partial charge in [0.05, 0.1) is 0 Å². The summed E-state index contributed by atoms with van der Waals surface area (Å²) >= 11 is 5.39. The van der Waals surface area contributed by atoms with Crippen molar-refractivity contribution >= 4 is 11.6 Å². The first-order chi connectivity index (χ1) is 8.79. The van der Waals surface area contributed by atoms with E-state index in [9.17, 15) is 4.79 Å². The maximum absolute atomic E-state index is 10.4. The number of aliphatic hydroxyl groups excluding tert-OH is 1. The van der Waals surface area contributed by atoms with Crippen molar-refractivity contribution in [3.63, 3.8) is 0 Å². The number of rotatable bonds is 0. The molecule has 106 valence electrons. The number of halogens is 1. The number of hydrogen-bond acceptors (Lipinski definition) is 3. The molecule has 1 aliphatic heterocycles. The highest BCUT2D eigenvalue weighted by Gasteiger charge is 1.93. The Morgan fingerprint density at radius 2 is 1.67 bits per heavy atom. The van der Waals surface area contributed by atoms with Crippen LogP contribution in [0.2, 0.25) is 5.15 Å². The van der Waals surface area contributed by atoms with Crippen molar-refractivity contribution in [1.29, 1.82) is 0 Å². The molecule has 0 aromatic carbocycles. The van der Waals surface area contributed by atoms with Gasteiger partial charge in [0.25, 0.3) is 0 Å². The van der Waals surface area contributed by atoms with Gasteiger partial charge in [-0.1, -0.05) is 37.9 Å². The molecule has 0 spiro atoms. The van der Waals surface area contributed by atoms with Crippen molar-refractivity contribution < 1.29 is 5.11 Å². The molecule has 1 aromatic rings. The molecule has 0 saturated carbocycles. The number of aromatic nitrogens is 1. The molecule has 0 amide bonds. The number of aromatic amines is 1. The lowest BCUT2D eigenvalue weighted by atomic mass is 10.2. The minimum absolute atomic E-state index is 0.169. The topological polar surface area (TPSA) is 65.1 Å². The van der Waals surface area contributed by atoms with E-state index in [-0.39, 0.29) is 5.56 Å². The van der Waals surface area contributed by atoms with E-state index in [0.29, 0.717) is 5.15 Å². The number of nitrogens with one attached hydrogen (secondary N) is 2. The standard InChI is InChI=1S/C5H4ClNO.C5H11N.C2H6.CH4O/c6-4-2-1-3-5(8)7-4;1-2-4-6-5-3-1;2*1-2/h1-3H,(H,7,8);6H,1-5H2;1-2H3;2H,1H3. The lowest BCUT2D eigenvalue weighted by Gasteiger charge is -2.08. The molecule has 3 N–H and O–H groups in total. The van der Waals surface area contributed by atoms with Crippen LogP contribution >= 0.6 is 11.6 Å². The summed E-state index contributed by atoms with van der Waals surface area (Å²) in [6.45, 7) is 6.50. The largest absolute Gasteiger partial charge is 0.400 e. The first-order valence-electron chi connectivity index (χ1n) is 6.29. The van der Waals surface area contributed by atoms with E-state index in [2.05, 4.69) is 10.3 Å². The van der Waals surface area contributed by atoms with E-state index < -0.39 is 0 Å². The van der Waals surface area contributed by atoms with Crippen LogP contribution in [0.4, 0.5) is 0 Å². The van der Waals surface area contributed by atoms with E-state index >= 15 is 0 Å². The predicted octanol–water partition coefficient (Wildman–Crippen LogP) is 2.42. The highest BCUT2D eigenvalue weighted by Crippen LogP contribution is 1.96. The molecule has 4 nitrogen and oxygen atoms in total. The van der Waals surface area contributed by atoms with Crippen molar-refractivity contribution in [2.45, 2.75) is 33.1 Å². The summed E-state index contributed by atoms with van der Waals surface area (Å²) in [5, 5.41) is 10.7. The van der Waals surface area contributed by atoms with Gasteiger partial charge in [-0.2, -0.15) is 0 Å². The van der Waals surface area contributed by atoms with Gasteiger partial charge >= 0.3 is 0 Å². The van der Waals surface area contributed by atoms with Crippen LogP contribution in [0.3, 0.4) is 0 Å². The Hall–Kier alpha value is -0.840. The molecule has 0 unspecified atom stereocenters. The highest BCUT2D eigenvalue weighted by atomic mass is 35.5. The molecular formula is C13H25ClN2O2.